The highest BCUT2D eigenvalue weighted by molar-refractivity contribution is 5.87. The van der Waals surface area contributed by atoms with E-state index >= 15 is 0 Å². The molecule has 1 heterocycles. The number of β-amino-alcohol motifs (C(OH)–C–C–N with tert-alkyl or cyclic N) is 1. The van der Waals surface area contributed by atoms with Crippen LogP contribution in [0.15, 0.2) is 35.3 Å². The van der Waals surface area contributed by atoms with Gasteiger partial charge in [-0.05, 0) is 26.8 Å². The lowest BCUT2D eigenvalue weighted by Gasteiger charge is -2.23. The number of aliphatic hydroxyl groups excluding tert-OH is 1. The van der Waals surface area contributed by atoms with Crippen molar-refractivity contribution in [3.05, 3.63) is 40.8 Å². The molecule has 1 atom stereocenters. The van der Waals surface area contributed by atoms with E-state index in [9.17, 15) is 9.90 Å². The van der Waals surface area contributed by atoms with Crippen LogP contribution in [-0.2, 0) is 7.05 Å². The molecule has 2 aromatic rings. The highest BCUT2D eigenvalue weighted by Crippen LogP contribution is 2.22. The van der Waals surface area contributed by atoms with Crippen LogP contribution in [0.1, 0.15) is 20.8 Å². The maximum absolute atomic E-state index is 12.1. The minimum absolute atomic E-state index is 0. The Morgan fingerprint density at radius 3 is 2.48 bits per heavy atom. The zero-order valence-corrected chi connectivity index (χ0v) is 14.8. The van der Waals surface area contributed by atoms with Gasteiger partial charge < -0.3 is 19.7 Å². The highest BCUT2D eigenvalue weighted by atomic mass is 35.5. The van der Waals surface area contributed by atoms with Crippen molar-refractivity contribution in [2.45, 2.75) is 32.4 Å². The smallest absolute Gasteiger partial charge is 0.258 e. The quantitative estimate of drug-likeness (QED) is 0.874. The maximum Gasteiger partial charge on any atom is 0.258 e. The minimum Gasteiger partial charge on any atom is -0.489 e. The average molecular weight is 341 g/mol. The fourth-order valence-electron chi connectivity index (χ4n) is 2.16. The van der Waals surface area contributed by atoms with Crippen LogP contribution < -0.4 is 15.6 Å². The molecular formula is C17H25ClN2O3. The number of fused-ring (bicyclic) bond motifs is 1. The molecule has 0 aliphatic rings. The molecule has 2 rings (SSSR count). The summed E-state index contributed by atoms with van der Waals surface area (Å²) in [6, 6.07) is 7.33. The summed E-state index contributed by atoms with van der Waals surface area (Å²) in [4.78, 5) is 12.1. The Morgan fingerprint density at radius 1 is 1.26 bits per heavy atom. The molecule has 0 saturated heterocycles. The molecule has 0 aliphatic carbocycles. The average Bonchev–Trinajstić information content (AvgIpc) is 2.47. The van der Waals surface area contributed by atoms with Crippen LogP contribution in [0, 0.1) is 0 Å². The van der Waals surface area contributed by atoms with Crippen molar-refractivity contribution in [1.29, 1.82) is 0 Å². The summed E-state index contributed by atoms with van der Waals surface area (Å²) < 4.78 is 7.23. The van der Waals surface area contributed by atoms with Crippen molar-refractivity contribution < 1.29 is 9.84 Å². The topological polar surface area (TPSA) is 63.5 Å². The van der Waals surface area contributed by atoms with Crippen LogP contribution in [0.3, 0.4) is 0 Å². The van der Waals surface area contributed by atoms with Gasteiger partial charge in [0.2, 0.25) is 0 Å². The van der Waals surface area contributed by atoms with Crippen LogP contribution in [0.4, 0.5) is 0 Å². The summed E-state index contributed by atoms with van der Waals surface area (Å²) in [5.41, 5.74) is -0.109. The number of hydrogen-bond donors (Lipinski definition) is 2. The first-order chi connectivity index (χ1) is 10.3. The number of halogens is 1. The molecule has 1 aromatic heterocycles. The Labute approximate surface area is 142 Å². The van der Waals surface area contributed by atoms with Crippen LogP contribution in [0.5, 0.6) is 5.75 Å². The number of nitrogens with zero attached hydrogens (tertiary/aromatic N) is 1. The lowest BCUT2D eigenvalue weighted by molar-refractivity contribution is 0.100. The van der Waals surface area contributed by atoms with E-state index in [0.29, 0.717) is 17.7 Å². The van der Waals surface area contributed by atoms with Gasteiger partial charge >= 0.3 is 0 Å². The van der Waals surface area contributed by atoms with Crippen molar-refractivity contribution in [3.8, 4) is 5.75 Å². The lowest BCUT2D eigenvalue weighted by atomic mass is 10.1. The van der Waals surface area contributed by atoms with E-state index in [0.717, 1.165) is 5.39 Å². The van der Waals surface area contributed by atoms with E-state index in [1.54, 1.807) is 19.3 Å². The summed E-state index contributed by atoms with van der Waals surface area (Å²) >= 11 is 0. The summed E-state index contributed by atoms with van der Waals surface area (Å²) in [6.07, 6.45) is 1.05. The molecule has 0 amide bonds. The predicted molar refractivity (Wildman–Crippen MR) is 95.7 cm³/mol. The Balaban J connectivity index is 0.00000264. The molecule has 128 valence electrons. The zero-order chi connectivity index (χ0) is 16.3. The number of rotatable bonds is 5. The Bertz CT molecular complexity index is 707. The lowest BCUT2D eigenvalue weighted by Crippen LogP contribution is -2.42. The second-order valence-corrected chi connectivity index (χ2v) is 6.55. The van der Waals surface area contributed by atoms with E-state index in [-0.39, 0.29) is 30.1 Å². The van der Waals surface area contributed by atoms with Gasteiger partial charge in [-0.15, -0.1) is 12.4 Å². The molecule has 5 nitrogen and oxygen atoms in total. The molecule has 2 N–H and O–H groups in total. The van der Waals surface area contributed by atoms with Crippen molar-refractivity contribution >= 4 is 23.2 Å². The van der Waals surface area contributed by atoms with E-state index in [1.165, 1.54) is 4.57 Å². The summed E-state index contributed by atoms with van der Waals surface area (Å²) in [7, 11) is 1.69. The van der Waals surface area contributed by atoms with Crippen LogP contribution in [0.25, 0.3) is 10.8 Å². The third kappa shape index (κ3) is 5.23. The normalized spacial score (nSPS) is 12.7. The van der Waals surface area contributed by atoms with Crippen molar-refractivity contribution in [2.75, 3.05) is 13.2 Å². The monoisotopic (exact) mass is 340 g/mol. The highest BCUT2D eigenvalue weighted by Gasteiger charge is 2.14. The van der Waals surface area contributed by atoms with Gasteiger partial charge in [-0.2, -0.15) is 0 Å². The molecule has 0 radical (unpaired) electrons. The fraction of sp³-hybridized carbons (Fsp3) is 0.471. The van der Waals surface area contributed by atoms with Gasteiger partial charge in [0, 0.05) is 30.7 Å². The maximum atomic E-state index is 12.1. The molecule has 0 aliphatic heterocycles. The fourth-order valence-corrected chi connectivity index (χ4v) is 2.16. The first-order valence-corrected chi connectivity index (χ1v) is 7.42. The molecule has 0 fully saturated rings. The number of hydrogen-bond acceptors (Lipinski definition) is 4. The van der Waals surface area contributed by atoms with Crippen molar-refractivity contribution in [2.24, 2.45) is 7.05 Å². The standard InChI is InChI=1S/C17H24N2O3.ClH/c1-17(2,3)18-9-12(20)11-22-15-10-19(4)16(21)14-8-6-5-7-13(14)15;/h5-8,10,12,18,20H,9,11H2,1-4H3;1H/t12-;/m0./s1. The number of aliphatic hydroxyl groups is 1. The Morgan fingerprint density at radius 2 is 1.87 bits per heavy atom. The van der Waals surface area contributed by atoms with E-state index in [4.69, 9.17) is 4.74 Å². The van der Waals surface area contributed by atoms with Crippen LogP contribution in [-0.4, -0.2) is 34.5 Å². The zero-order valence-electron chi connectivity index (χ0n) is 14.0. The SMILES string of the molecule is Cl.Cn1cc(OC[C@@H](O)CNC(C)(C)C)c2ccccc2c1=O. The van der Waals surface area contributed by atoms with Crippen LogP contribution in [0.2, 0.25) is 0 Å². The Hall–Kier alpha value is -1.56. The van der Waals surface area contributed by atoms with Gasteiger partial charge in [-0.3, -0.25) is 4.79 Å². The van der Waals surface area contributed by atoms with Crippen LogP contribution >= 0.6 is 12.4 Å². The van der Waals surface area contributed by atoms with Gasteiger partial charge in [-0.25, -0.2) is 0 Å². The minimum atomic E-state index is -0.616. The van der Waals surface area contributed by atoms with Gasteiger partial charge in [0.25, 0.3) is 5.56 Å². The second-order valence-electron chi connectivity index (χ2n) is 6.55. The molecular weight excluding hydrogens is 316 g/mol. The third-order valence-electron chi connectivity index (χ3n) is 3.35. The van der Waals surface area contributed by atoms with E-state index in [1.807, 2.05) is 39.0 Å². The second kappa shape index (κ2) is 7.81. The first kappa shape index (κ1) is 19.5. The molecule has 1 aromatic carbocycles. The molecule has 0 saturated carbocycles. The number of benzene rings is 1. The number of aryl methyl sites for hydroxylation is 1. The predicted octanol–water partition coefficient (Wildman–Crippen LogP) is 2.09. The Kier molecular flexibility index (Phi) is 6.62. The van der Waals surface area contributed by atoms with Gasteiger partial charge in [0.15, 0.2) is 0 Å². The van der Waals surface area contributed by atoms with E-state index < -0.39 is 6.10 Å². The molecule has 0 unspecified atom stereocenters. The molecule has 0 bridgehead atoms. The largest absolute Gasteiger partial charge is 0.489 e. The van der Waals surface area contributed by atoms with Gasteiger partial charge in [-0.1, -0.05) is 18.2 Å². The van der Waals surface area contributed by atoms with Crippen molar-refractivity contribution in [1.82, 2.24) is 9.88 Å². The van der Waals surface area contributed by atoms with Crippen molar-refractivity contribution in [3.63, 3.8) is 0 Å². The molecule has 6 heteroatoms. The number of ether oxygens (including phenoxy) is 1. The molecule has 23 heavy (non-hydrogen) atoms. The summed E-state index contributed by atoms with van der Waals surface area (Å²) in [6.45, 7) is 6.75. The summed E-state index contributed by atoms with van der Waals surface area (Å²) in [5, 5.41) is 14.6. The summed E-state index contributed by atoms with van der Waals surface area (Å²) in [5.74, 6) is 0.604. The number of aromatic nitrogens is 1. The van der Waals surface area contributed by atoms with Gasteiger partial charge in [0.1, 0.15) is 18.5 Å². The number of nitrogens with one attached hydrogen (secondary N) is 1. The van der Waals surface area contributed by atoms with Gasteiger partial charge in [0.05, 0.1) is 5.39 Å². The first-order valence-electron chi connectivity index (χ1n) is 7.42. The molecule has 0 spiro atoms. The van der Waals surface area contributed by atoms with E-state index in [2.05, 4.69) is 5.32 Å². The number of pyridine rings is 1. The third-order valence-corrected chi connectivity index (χ3v) is 3.35.